The fourth-order valence-electron chi connectivity index (χ4n) is 2.60. The Bertz CT molecular complexity index is 877. The van der Waals surface area contributed by atoms with Crippen LogP contribution < -0.4 is 19.5 Å². The van der Waals surface area contributed by atoms with E-state index in [0.717, 1.165) is 23.6 Å². The molecule has 0 aliphatic rings. The summed E-state index contributed by atoms with van der Waals surface area (Å²) in [5.74, 6) is 2.12. The van der Waals surface area contributed by atoms with Gasteiger partial charge in [-0.2, -0.15) is 0 Å². The summed E-state index contributed by atoms with van der Waals surface area (Å²) >= 11 is 0. The van der Waals surface area contributed by atoms with Crippen molar-refractivity contribution in [2.75, 3.05) is 25.1 Å². The van der Waals surface area contributed by atoms with Gasteiger partial charge in [-0.3, -0.25) is 4.79 Å². The molecule has 29 heavy (non-hydrogen) atoms. The number of hydrogen-bond donors (Lipinski definition) is 1. The first-order chi connectivity index (χ1) is 14.2. The number of ether oxygens (including phenoxy) is 3. The van der Waals surface area contributed by atoms with E-state index in [4.69, 9.17) is 14.2 Å². The molecule has 0 spiro atoms. The van der Waals surface area contributed by atoms with Crippen molar-refractivity contribution in [3.8, 4) is 17.2 Å². The molecule has 0 atom stereocenters. The van der Waals surface area contributed by atoms with Gasteiger partial charge in [0.1, 0.15) is 30.5 Å². The molecule has 5 nitrogen and oxygen atoms in total. The van der Waals surface area contributed by atoms with E-state index in [2.05, 4.69) is 12.2 Å². The van der Waals surface area contributed by atoms with Crippen molar-refractivity contribution >= 4 is 11.6 Å². The minimum atomic E-state index is -0.175. The lowest BCUT2D eigenvalue weighted by molar-refractivity contribution is 0.102. The summed E-state index contributed by atoms with van der Waals surface area (Å²) < 4.78 is 16.8. The molecule has 0 aromatic heterocycles. The van der Waals surface area contributed by atoms with Crippen LogP contribution >= 0.6 is 0 Å². The highest BCUT2D eigenvalue weighted by Crippen LogP contribution is 2.18. The van der Waals surface area contributed by atoms with E-state index >= 15 is 0 Å². The lowest BCUT2D eigenvalue weighted by Gasteiger charge is -2.10. The van der Waals surface area contributed by atoms with Crippen molar-refractivity contribution in [2.45, 2.75) is 13.3 Å². The van der Waals surface area contributed by atoms with Gasteiger partial charge in [-0.25, -0.2) is 0 Å². The molecule has 3 aromatic rings. The number of hydrogen-bond acceptors (Lipinski definition) is 4. The highest BCUT2D eigenvalue weighted by molar-refractivity contribution is 6.04. The highest BCUT2D eigenvalue weighted by atomic mass is 16.5. The van der Waals surface area contributed by atoms with Gasteiger partial charge in [0, 0.05) is 11.3 Å². The molecule has 1 amide bonds. The molecule has 0 heterocycles. The Morgan fingerprint density at radius 2 is 1.21 bits per heavy atom. The summed E-state index contributed by atoms with van der Waals surface area (Å²) in [6, 6.07) is 24.0. The second kappa shape index (κ2) is 10.8. The third-order valence-corrected chi connectivity index (χ3v) is 4.07. The van der Waals surface area contributed by atoms with Gasteiger partial charge in [-0.15, -0.1) is 0 Å². The quantitative estimate of drug-likeness (QED) is 0.484. The molecule has 0 aliphatic heterocycles. The summed E-state index contributed by atoms with van der Waals surface area (Å²) in [5.41, 5.74) is 1.28. The van der Waals surface area contributed by atoms with E-state index in [-0.39, 0.29) is 5.91 Å². The number of para-hydroxylation sites is 1. The fraction of sp³-hybridized carbons (Fsp3) is 0.208. The molecule has 3 aromatic carbocycles. The van der Waals surface area contributed by atoms with Crippen molar-refractivity contribution in [1.29, 1.82) is 0 Å². The monoisotopic (exact) mass is 391 g/mol. The van der Waals surface area contributed by atoms with Crippen LogP contribution in [0.25, 0.3) is 0 Å². The van der Waals surface area contributed by atoms with Crippen LogP contribution in [0.15, 0.2) is 78.9 Å². The van der Waals surface area contributed by atoms with E-state index in [0.29, 0.717) is 31.1 Å². The lowest BCUT2D eigenvalue weighted by atomic mass is 10.2. The average molecular weight is 391 g/mol. The molecule has 0 unspecified atom stereocenters. The maximum absolute atomic E-state index is 12.4. The summed E-state index contributed by atoms with van der Waals surface area (Å²) in [6.07, 6.45) is 0.957. The van der Waals surface area contributed by atoms with Gasteiger partial charge in [0.05, 0.1) is 6.61 Å². The molecule has 0 aliphatic carbocycles. The van der Waals surface area contributed by atoms with Crippen molar-refractivity contribution in [3.05, 3.63) is 84.4 Å². The van der Waals surface area contributed by atoms with Gasteiger partial charge < -0.3 is 19.5 Å². The second-order valence-electron chi connectivity index (χ2n) is 6.36. The molecule has 0 bridgehead atoms. The van der Waals surface area contributed by atoms with Crippen molar-refractivity contribution in [3.63, 3.8) is 0 Å². The molecule has 150 valence electrons. The first kappa shape index (κ1) is 20.3. The molecular weight excluding hydrogens is 366 g/mol. The molecule has 0 saturated carbocycles. The number of carbonyl (C=O) groups excluding carboxylic acids is 1. The molecule has 1 N–H and O–H groups in total. The van der Waals surface area contributed by atoms with E-state index < -0.39 is 0 Å². The molecule has 0 saturated heterocycles. The Labute approximate surface area is 171 Å². The third kappa shape index (κ3) is 6.57. The number of rotatable bonds is 10. The average Bonchev–Trinajstić information content (AvgIpc) is 2.77. The van der Waals surface area contributed by atoms with Crippen molar-refractivity contribution in [2.24, 2.45) is 0 Å². The van der Waals surface area contributed by atoms with E-state index in [9.17, 15) is 4.79 Å². The first-order valence-electron chi connectivity index (χ1n) is 9.69. The summed E-state index contributed by atoms with van der Waals surface area (Å²) in [4.78, 5) is 12.4. The number of carbonyl (C=O) groups is 1. The summed E-state index contributed by atoms with van der Waals surface area (Å²) in [7, 11) is 0. The fourth-order valence-corrected chi connectivity index (χ4v) is 2.60. The van der Waals surface area contributed by atoms with Crippen molar-refractivity contribution in [1.82, 2.24) is 0 Å². The Kier molecular flexibility index (Phi) is 7.52. The van der Waals surface area contributed by atoms with Crippen LogP contribution in [0, 0.1) is 0 Å². The number of amides is 1. The van der Waals surface area contributed by atoms with E-state index in [1.807, 2.05) is 54.6 Å². The van der Waals surface area contributed by atoms with Gasteiger partial charge in [0.2, 0.25) is 0 Å². The van der Waals surface area contributed by atoms with Crippen LogP contribution in [0.4, 0.5) is 5.69 Å². The SMILES string of the molecule is CCCOc1ccc(NC(=O)c2ccc(OCCOc3ccccc3)cc2)cc1. The summed E-state index contributed by atoms with van der Waals surface area (Å²) in [6.45, 7) is 3.61. The van der Waals surface area contributed by atoms with Gasteiger partial charge in [-0.05, 0) is 67.1 Å². The van der Waals surface area contributed by atoms with Gasteiger partial charge in [0.15, 0.2) is 0 Å². The van der Waals surface area contributed by atoms with Gasteiger partial charge in [0.25, 0.3) is 5.91 Å². The van der Waals surface area contributed by atoms with Crippen LogP contribution in [0.3, 0.4) is 0 Å². The minimum Gasteiger partial charge on any atom is -0.494 e. The second-order valence-corrected chi connectivity index (χ2v) is 6.36. The lowest BCUT2D eigenvalue weighted by Crippen LogP contribution is -2.12. The predicted octanol–water partition coefficient (Wildman–Crippen LogP) is 5.19. The smallest absolute Gasteiger partial charge is 0.255 e. The van der Waals surface area contributed by atoms with Crippen LogP contribution in [-0.2, 0) is 0 Å². The highest BCUT2D eigenvalue weighted by Gasteiger charge is 2.07. The number of benzene rings is 3. The zero-order valence-corrected chi connectivity index (χ0v) is 16.5. The predicted molar refractivity (Wildman–Crippen MR) is 114 cm³/mol. The molecule has 0 radical (unpaired) electrons. The van der Waals surface area contributed by atoms with Gasteiger partial charge >= 0.3 is 0 Å². The Hall–Kier alpha value is -3.47. The molecular formula is C24H25NO4. The standard InChI is InChI=1S/C24H25NO4/c1-2-16-27-23-14-10-20(11-15-23)25-24(26)19-8-12-22(13-9-19)29-18-17-28-21-6-4-3-5-7-21/h3-15H,2,16-18H2,1H3,(H,25,26). The summed E-state index contributed by atoms with van der Waals surface area (Å²) in [5, 5.41) is 2.88. The minimum absolute atomic E-state index is 0.175. The zero-order valence-electron chi connectivity index (χ0n) is 16.5. The maximum Gasteiger partial charge on any atom is 0.255 e. The molecule has 3 rings (SSSR count). The molecule has 5 heteroatoms. The maximum atomic E-state index is 12.4. The number of anilines is 1. The normalized spacial score (nSPS) is 10.2. The molecule has 0 fully saturated rings. The van der Waals surface area contributed by atoms with Crippen LogP contribution in [0.2, 0.25) is 0 Å². The van der Waals surface area contributed by atoms with E-state index in [1.165, 1.54) is 0 Å². The Morgan fingerprint density at radius 3 is 1.79 bits per heavy atom. The van der Waals surface area contributed by atoms with Crippen LogP contribution in [0.5, 0.6) is 17.2 Å². The zero-order chi connectivity index (χ0) is 20.3. The van der Waals surface area contributed by atoms with Gasteiger partial charge in [-0.1, -0.05) is 25.1 Å². The topological polar surface area (TPSA) is 56.8 Å². The number of nitrogens with one attached hydrogen (secondary N) is 1. The van der Waals surface area contributed by atoms with Crippen LogP contribution in [0.1, 0.15) is 23.7 Å². The third-order valence-electron chi connectivity index (χ3n) is 4.07. The largest absolute Gasteiger partial charge is 0.494 e. The van der Waals surface area contributed by atoms with E-state index in [1.54, 1.807) is 24.3 Å². The Morgan fingerprint density at radius 1 is 0.690 bits per heavy atom. The Balaban J connectivity index is 1.44. The van der Waals surface area contributed by atoms with Crippen molar-refractivity contribution < 1.29 is 19.0 Å². The van der Waals surface area contributed by atoms with Crippen LogP contribution in [-0.4, -0.2) is 25.7 Å². The first-order valence-corrected chi connectivity index (χ1v) is 9.69.